The molecule has 1 aliphatic heterocycles. The molecule has 0 saturated carbocycles. The number of hydrogen-bond acceptors (Lipinski definition) is 3. The van der Waals surface area contributed by atoms with Crippen LogP contribution in [-0.4, -0.2) is 68.6 Å². The topological polar surface area (TPSA) is 64.7 Å². The van der Waals surface area contributed by atoms with Crippen molar-refractivity contribution in [2.45, 2.75) is 12.8 Å². The SMILES string of the molecule is CNC(=O)NCCCC(=O)N1CCN(C)CC1. The first kappa shape index (κ1) is 13.8. The lowest BCUT2D eigenvalue weighted by atomic mass is 10.2. The van der Waals surface area contributed by atoms with Gasteiger partial charge in [-0.05, 0) is 13.5 Å². The Balaban J connectivity index is 2.10. The fourth-order valence-electron chi connectivity index (χ4n) is 1.74. The summed E-state index contributed by atoms with van der Waals surface area (Å²) in [5.41, 5.74) is 0. The Kier molecular flexibility index (Phi) is 5.76. The van der Waals surface area contributed by atoms with Gasteiger partial charge < -0.3 is 20.4 Å². The second kappa shape index (κ2) is 7.11. The van der Waals surface area contributed by atoms with Crippen LogP contribution >= 0.6 is 0 Å². The highest BCUT2D eigenvalue weighted by Gasteiger charge is 2.18. The number of likely N-dealkylation sites (N-methyl/N-ethyl adjacent to an activating group) is 1. The van der Waals surface area contributed by atoms with Crippen LogP contribution in [0.5, 0.6) is 0 Å². The van der Waals surface area contributed by atoms with Gasteiger partial charge in [-0.15, -0.1) is 0 Å². The molecule has 6 nitrogen and oxygen atoms in total. The molecule has 0 atom stereocenters. The average Bonchev–Trinajstić information content (AvgIpc) is 2.34. The summed E-state index contributed by atoms with van der Waals surface area (Å²) < 4.78 is 0. The standard InChI is InChI=1S/C11H22N4O2/c1-12-11(17)13-5-3-4-10(16)15-8-6-14(2)7-9-15/h3-9H2,1-2H3,(H2,12,13,17). The van der Waals surface area contributed by atoms with E-state index < -0.39 is 0 Å². The van der Waals surface area contributed by atoms with Crippen LogP contribution in [0.4, 0.5) is 4.79 Å². The molecule has 0 aromatic rings. The van der Waals surface area contributed by atoms with E-state index in [2.05, 4.69) is 22.6 Å². The first-order valence-corrected chi connectivity index (χ1v) is 6.05. The number of piperazine rings is 1. The van der Waals surface area contributed by atoms with Gasteiger partial charge in [-0.3, -0.25) is 4.79 Å². The zero-order valence-electron chi connectivity index (χ0n) is 10.7. The Morgan fingerprint density at radius 2 is 1.82 bits per heavy atom. The van der Waals surface area contributed by atoms with Gasteiger partial charge in [0.2, 0.25) is 5.91 Å². The van der Waals surface area contributed by atoms with Crippen molar-refractivity contribution in [2.75, 3.05) is 46.8 Å². The molecule has 1 rings (SSSR count). The monoisotopic (exact) mass is 242 g/mol. The molecule has 2 N–H and O–H groups in total. The highest BCUT2D eigenvalue weighted by Crippen LogP contribution is 2.03. The van der Waals surface area contributed by atoms with Crippen molar-refractivity contribution in [3.05, 3.63) is 0 Å². The minimum absolute atomic E-state index is 0.191. The zero-order chi connectivity index (χ0) is 12.7. The van der Waals surface area contributed by atoms with E-state index in [-0.39, 0.29) is 11.9 Å². The second-order valence-corrected chi connectivity index (χ2v) is 4.29. The van der Waals surface area contributed by atoms with Gasteiger partial charge in [-0.1, -0.05) is 0 Å². The molecular weight excluding hydrogens is 220 g/mol. The van der Waals surface area contributed by atoms with Crippen molar-refractivity contribution in [3.63, 3.8) is 0 Å². The van der Waals surface area contributed by atoms with E-state index in [9.17, 15) is 9.59 Å². The molecule has 0 spiro atoms. The molecule has 6 heteroatoms. The van der Waals surface area contributed by atoms with E-state index in [0.29, 0.717) is 19.4 Å². The molecule has 0 aromatic carbocycles. The van der Waals surface area contributed by atoms with E-state index >= 15 is 0 Å². The first-order chi connectivity index (χ1) is 8.13. The molecule has 98 valence electrons. The highest BCUT2D eigenvalue weighted by molar-refractivity contribution is 5.76. The largest absolute Gasteiger partial charge is 0.341 e. The molecule has 0 radical (unpaired) electrons. The van der Waals surface area contributed by atoms with Gasteiger partial charge in [0, 0.05) is 46.2 Å². The van der Waals surface area contributed by atoms with Crippen LogP contribution in [0.25, 0.3) is 0 Å². The highest BCUT2D eigenvalue weighted by atomic mass is 16.2. The van der Waals surface area contributed by atoms with Crippen molar-refractivity contribution in [1.82, 2.24) is 20.4 Å². The van der Waals surface area contributed by atoms with Gasteiger partial charge >= 0.3 is 6.03 Å². The predicted molar refractivity (Wildman–Crippen MR) is 65.8 cm³/mol. The number of carbonyl (C=O) groups excluding carboxylic acids is 2. The zero-order valence-corrected chi connectivity index (χ0v) is 10.7. The van der Waals surface area contributed by atoms with Crippen LogP contribution in [0.2, 0.25) is 0 Å². The Labute approximate surface area is 102 Å². The average molecular weight is 242 g/mol. The van der Waals surface area contributed by atoms with E-state index in [4.69, 9.17) is 0 Å². The molecule has 0 aromatic heterocycles. The molecule has 0 aliphatic carbocycles. The van der Waals surface area contributed by atoms with Gasteiger partial charge in [0.15, 0.2) is 0 Å². The molecule has 0 bridgehead atoms. The smallest absolute Gasteiger partial charge is 0.314 e. The van der Waals surface area contributed by atoms with Gasteiger partial charge in [-0.2, -0.15) is 0 Å². The summed E-state index contributed by atoms with van der Waals surface area (Å²) in [4.78, 5) is 26.8. The Bertz CT molecular complexity index is 262. The van der Waals surface area contributed by atoms with Gasteiger partial charge in [0.1, 0.15) is 0 Å². The fraction of sp³-hybridized carbons (Fsp3) is 0.818. The summed E-state index contributed by atoms with van der Waals surface area (Å²) in [7, 11) is 3.64. The van der Waals surface area contributed by atoms with Crippen LogP contribution in [0.1, 0.15) is 12.8 Å². The molecule has 0 unspecified atom stereocenters. The van der Waals surface area contributed by atoms with E-state index in [1.807, 2.05) is 4.90 Å². The van der Waals surface area contributed by atoms with Crippen molar-refractivity contribution >= 4 is 11.9 Å². The quantitative estimate of drug-likeness (QED) is 0.651. The van der Waals surface area contributed by atoms with Crippen LogP contribution in [-0.2, 0) is 4.79 Å². The molecule has 1 saturated heterocycles. The maximum atomic E-state index is 11.8. The summed E-state index contributed by atoms with van der Waals surface area (Å²) >= 11 is 0. The van der Waals surface area contributed by atoms with E-state index in [1.165, 1.54) is 0 Å². The number of nitrogens with zero attached hydrogens (tertiary/aromatic N) is 2. The maximum Gasteiger partial charge on any atom is 0.314 e. The number of amides is 3. The Hall–Kier alpha value is -1.30. The minimum atomic E-state index is -0.197. The number of rotatable bonds is 4. The fourth-order valence-corrected chi connectivity index (χ4v) is 1.74. The molecule has 17 heavy (non-hydrogen) atoms. The lowest BCUT2D eigenvalue weighted by Crippen LogP contribution is -2.47. The number of urea groups is 1. The summed E-state index contributed by atoms with van der Waals surface area (Å²) in [5, 5.41) is 5.14. The maximum absolute atomic E-state index is 11.8. The Morgan fingerprint density at radius 3 is 2.41 bits per heavy atom. The first-order valence-electron chi connectivity index (χ1n) is 6.05. The van der Waals surface area contributed by atoms with Crippen molar-refractivity contribution in [3.8, 4) is 0 Å². The van der Waals surface area contributed by atoms with Gasteiger partial charge in [0.25, 0.3) is 0 Å². The van der Waals surface area contributed by atoms with E-state index in [0.717, 1.165) is 26.2 Å². The summed E-state index contributed by atoms with van der Waals surface area (Å²) in [6.07, 6.45) is 1.20. The third-order valence-corrected chi connectivity index (χ3v) is 2.94. The van der Waals surface area contributed by atoms with Crippen LogP contribution < -0.4 is 10.6 Å². The summed E-state index contributed by atoms with van der Waals surface area (Å²) in [6, 6.07) is -0.197. The number of hydrogen-bond donors (Lipinski definition) is 2. The van der Waals surface area contributed by atoms with Crippen LogP contribution in [0.15, 0.2) is 0 Å². The van der Waals surface area contributed by atoms with Crippen LogP contribution in [0.3, 0.4) is 0 Å². The van der Waals surface area contributed by atoms with Crippen molar-refractivity contribution < 1.29 is 9.59 Å². The van der Waals surface area contributed by atoms with Crippen molar-refractivity contribution in [2.24, 2.45) is 0 Å². The molecule has 1 heterocycles. The normalized spacial score (nSPS) is 16.7. The van der Waals surface area contributed by atoms with Crippen LogP contribution in [0, 0.1) is 0 Å². The second-order valence-electron chi connectivity index (χ2n) is 4.29. The molecular formula is C11H22N4O2. The van der Waals surface area contributed by atoms with Gasteiger partial charge in [-0.25, -0.2) is 4.79 Å². The molecule has 1 fully saturated rings. The lowest BCUT2D eigenvalue weighted by molar-refractivity contribution is -0.132. The summed E-state index contributed by atoms with van der Waals surface area (Å²) in [5.74, 6) is 0.191. The minimum Gasteiger partial charge on any atom is -0.341 e. The van der Waals surface area contributed by atoms with Crippen molar-refractivity contribution in [1.29, 1.82) is 0 Å². The predicted octanol–water partition coefficient (Wildman–Crippen LogP) is -0.530. The summed E-state index contributed by atoms with van der Waals surface area (Å²) in [6.45, 7) is 4.07. The number of nitrogens with one attached hydrogen (secondary N) is 2. The van der Waals surface area contributed by atoms with Gasteiger partial charge in [0.05, 0.1) is 0 Å². The van der Waals surface area contributed by atoms with E-state index in [1.54, 1.807) is 7.05 Å². The molecule has 1 aliphatic rings. The third-order valence-electron chi connectivity index (χ3n) is 2.94. The number of carbonyl (C=O) groups is 2. The molecule has 3 amide bonds. The third kappa shape index (κ3) is 5.04. The lowest BCUT2D eigenvalue weighted by Gasteiger charge is -2.32. The Morgan fingerprint density at radius 1 is 1.18 bits per heavy atom.